The minimum atomic E-state index is -0.272. The van der Waals surface area contributed by atoms with Crippen molar-refractivity contribution in [3.63, 3.8) is 0 Å². The molecule has 82 valence electrons. The summed E-state index contributed by atoms with van der Waals surface area (Å²) in [4.78, 5) is 11.7. The molecule has 0 atom stereocenters. The minimum Gasteiger partial charge on any atom is -0.364 e. The molecular weight excluding hydrogens is 228 g/mol. The molecule has 16 heavy (non-hydrogen) atoms. The Hall–Kier alpha value is -1.81. The van der Waals surface area contributed by atoms with Gasteiger partial charge in [0.2, 0.25) is 0 Å². The number of anilines is 1. The van der Waals surface area contributed by atoms with Crippen LogP contribution in [-0.2, 0) is 0 Å². The lowest BCUT2D eigenvalue weighted by atomic mass is 10.2. The van der Waals surface area contributed by atoms with E-state index in [-0.39, 0.29) is 5.91 Å². The van der Waals surface area contributed by atoms with Crippen molar-refractivity contribution in [1.29, 1.82) is 0 Å². The topological polar surface area (TPSA) is 55.1 Å². The zero-order valence-electron chi connectivity index (χ0n) is 8.53. The van der Waals surface area contributed by atoms with Gasteiger partial charge >= 0.3 is 0 Å². The molecule has 5 heteroatoms. The molecular formula is C11H9ClN2O2. The van der Waals surface area contributed by atoms with Crippen molar-refractivity contribution < 1.29 is 9.32 Å². The highest BCUT2D eigenvalue weighted by Crippen LogP contribution is 2.23. The molecule has 0 aliphatic rings. The highest BCUT2D eigenvalue weighted by Gasteiger charge is 2.10. The molecule has 1 heterocycles. The third kappa shape index (κ3) is 2.06. The number of carbonyl (C=O) groups excluding carboxylic acids is 1. The van der Waals surface area contributed by atoms with Crippen molar-refractivity contribution in [2.24, 2.45) is 0 Å². The normalized spacial score (nSPS) is 10.1. The van der Waals surface area contributed by atoms with E-state index in [9.17, 15) is 4.79 Å². The van der Waals surface area contributed by atoms with Crippen molar-refractivity contribution in [3.8, 4) is 0 Å². The highest BCUT2D eigenvalue weighted by molar-refractivity contribution is 6.31. The van der Waals surface area contributed by atoms with Gasteiger partial charge in [0.05, 0.1) is 11.8 Å². The van der Waals surface area contributed by atoms with Crippen LogP contribution in [0.3, 0.4) is 0 Å². The lowest BCUT2D eigenvalue weighted by Crippen LogP contribution is -2.11. The summed E-state index contributed by atoms with van der Waals surface area (Å²) in [6.45, 7) is 1.84. The number of aromatic nitrogens is 1. The SMILES string of the molecule is Cc1c(Cl)cccc1NC(=O)c1cnoc1. The smallest absolute Gasteiger partial charge is 0.260 e. The first-order chi connectivity index (χ1) is 7.68. The predicted molar refractivity (Wildman–Crippen MR) is 60.6 cm³/mol. The number of amides is 1. The number of nitrogens with one attached hydrogen (secondary N) is 1. The number of benzene rings is 1. The molecule has 4 nitrogen and oxygen atoms in total. The van der Waals surface area contributed by atoms with Crippen molar-refractivity contribution in [2.75, 3.05) is 5.32 Å². The fraction of sp³-hybridized carbons (Fsp3) is 0.0909. The molecule has 1 aromatic carbocycles. The van der Waals surface area contributed by atoms with Crippen LogP contribution in [0.2, 0.25) is 5.02 Å². The van der Waals surface area contributed by atoms with E-state index in [2.05, 4.69) is 15.0 Å². The zero-order valence-corrected chi connectivity index (χ0v) is 9.28. The Morgan fingerprint density at radius 2 is 2.31 bits per heavy atom. The van der Waals surface area contributed by atoms with E-state index in [4.69, 9.17) is 11.6 Å². The van der Waals surface area contributed by atoms with E-state index in [1.807, 2.05) is 6.92 Å². The van der Waals surface area contributed by atoms with E-state index < -0.39 is 0 Å². The molecule has 2 rings (SSSR count). The molecule has 0 aliphatic carbocycles. The molecule has 0 unspecified atom stereocenters. The summed E-state index contributed by atoms with van der Waals surface area (Å²) in [7, 11) is 0. The van der Waals surface area contributed by atoms with Crippen LogP contribution >= 0.6 is 11.6 Å². The van der Waals surface area contributed by atoms with Gasteiger partial charge in [-0.15, -0.1) is 0 Å². The first-order valence-electron chi connectivity index (χ1n) is 4.64. The molecule has 0 fully saturated rings. The van der Waals surface area contributed by atoms with Crippen LogP contribution in [0.25, 0.3) is 0 Å². The summed E-state index contributed by atoms with van der Waals surface area (Å²) in [5, 5.41) is 6.81. The van der Waals surface area contributed by atoms with Gasteiger partial charge in [0.1, 0.15) is 6.26 Å². The minimum absolute atomic E-state index is 0.272. The Labute approximate surface area is 97.2 Å². The lowest BCUT2D eigenvalue weighted by Gasteiger charge is -2.07. The maximum atomic E-state index is 11.7. The highest BCUT2D eigenvalue weighted by atomic mass is 35.5. The Kier molecular flexibility index (Phi) is 2.92. The fourth-order valence-electron chi connectivity index (χ4n) is 1.25. The van der Waals surface area contributed by atoms with Crippen LogP contribution in [0.5, 0.6) is 0 Å². The van der Waals surface area contributed by atoms with Gasteiger partial charge in [0.15, 0.2) is 0 Å². The molecule has 0 aliphatic heterocycles. The maximum Gasteiger partial charge on any atom is 0.260 e. The molecule has 0 bridgehead atoms. The van der Waals surface area contributed by atoms with Gasteiger partial charge in [0, 0.05) is 10.7 Å². The molecule has 0 radical (unpaired) electrons. The van der Waals surface area contributed by atoms with Crippen molar-refractivity contribution in [3.05, 3.63) is 46.8 Å². The summed E-state index contributed by atoms with van der Waals surface area (Å²) in [5.41, 5.74) is 1.88. The van der Waals surface area contributed by atoms with Crippen LogP contribution in [0.1, 0.15) is 15.9 Å². The first-order valence-corrected chi connectivity index (χ1v) is 5.02. The molecule has 1 amide bonds. The van der Waals surface area contributed by atoms with Gasteiger partial charge in [-0.05, 0) is 24.6 Å². The molecule has 0 spiro atoms. The largest absolute Gasteiger partial charge is 0.364 e. The van der Waals surface area contributed by atoms with E-state index in [1.165, 1.54) is 12.5 Å². The van der Waals surface area contributed by atoms with Crippen molar-refractivity contribution in [1.82, 2.24) is 5.16 Å². The van der Waals surface area contributed by atoms with Crippen LogP contribution in [0.15, 0.2) is 35.2 Å². The Morgan fingerprint density at radius 1 is 1.50 bits per heavy atom. The van der Waals surface area contributed by atoms with E-state index in [0.29, 0.717) is 16.3 Å². The fourth-order valence-corrected chi connectivity index (χ4v) is 1.43. The number of hydrogen-bond acceptors (Lipinski definition) is 3. The van der Waals surface area contributed by atoms with E-state index >= 15 is 0 Å². The molecule has 2 aromatic rings. The van der Waals surface area contributed by atoms with Gasteiger partial charge in [-0.25, -0.2) is 0 Å². The maximum absolute atomic E-state index is 11.7. The van der Waals surface area contributed by atoms with Crippen molar-refractivity contribution >= 4 is 23.2 Å². The second-order valence-electron chi connectivity index (χ2n) is 3.28. The Balaban J connectivity index is 2.22. The van der Waals surface area contributed by atoms with Crippen LogP contribution in [0, 0.1) is 6.92 Å². The third-order valence-corrected chi connectivity index (χ3v) is 2.62. The average Bonchev–Trinajstić information content (AvgIpc) is 2.78. The lowest BCUT2D eigenvalue weighted by molar-refractivity contribution is 0.102. The van der Waals surface area contributed by atoms with Crippen LogP contribution in [0.4, 0.5) is 5.69 Å². The molecule has 0 saturated heterocycles. The third-order valence-electron chi connectivity index (χ3n) is 2.21. The summed E-state index contributed by atoms with van der Waals surface area (Å²) >= 11 is 5.94. The summed E-state index contributed by atoms with van der Waals surface area (Å²) in [6.07, 6.45) is 2.64. The van der Waals surface area contributed by atoms with Gasteiger partial charge in [-0.3, -0.25) is 4.79 Å². The molecule has 1 aromatic heterocycles. The summed E-state index contributed by atoms with van der Waals surface area (Å²) in [6, 6.07) is 5.33. The summed E-state index contributed by atoms with van der Waals surface area (Å²) in [5.74, 6) is -0.272. The van der Waals surface area contributed by atoms with Gasteiger partial charge in [-0.1, -0.05) is 22.8 Å². The van der Waals surface area contributed by atoms with Gasteiger partial charge in [-0.2, -0.15) is 0 Å². The number of hydrogen-bond donors (Lipinski definition) is 1. The van der Waals surface area contributed by atoms with Gasteiger partial charge in [0.25, 0.3) is 5.91 Å². The van der Waals surface area contributed by atoms with Gasteiger partial charge < -0.3 is 9.84 Å². The van der Waals surface area contributed by atoms with Crippen molar-refractivity contribution in [2.45, 2.75) is 6.92 Å². The van der Waals surface area contributed by atoms with Crippen LogP contribution in [-0.4, -0.2) is 11.1 Å². The van der Waals surface area contributed by atoms with E-state index in [0.717, 1.165) is 5.56 Å². The number of halogens is 1. The van der Waals surface area contributed by atoms with Crippen LogP contribution < -0.4 is 5.32 Å². The monoisotopic (exact) mass is 236 g/mol. The second kappa shape index (κ2) is 4.37. The number of carbonyl (C=O) groups is 1. The average molecular weight is 237 g/mol. The molecule has 1 N–H and O–H groups in total. The molecule has 0 saturated carbocycles. The number of nitrogens with zero attached hydrogens (tertiary/aromatic N) is 1. The zero-order chi connectivity index (χ0) is 11.5. The number of rotatable bonds is 2. The first kappa shape index (κ1) is 10.7. The summed E-state index contributed by atoms with van der Waals surface area (Å²) < 4.78 is 4.59. The Bertz CT molecular complexity index is 509. The predicted octanol–water partition coefficient (Wildman–Crippen LogP) is 2.89. The Morgan fingerprint density at radius 3 is 3.00 bits per heavy atom. The quantitative estimate of drug-likeness (QED) is 0.872. The second-order valence-corrected chi connectivity index (χ2v) is 3.69. The van der Waals surface area contributed by atoms with E-state index in [1.54, 1.807) is 18.2 Å². The standard InChI is InChI=1S/C11H9ClN2O2/c1-7-9(12)3-2-4-10(7)14-11(15)8-5-13-16-6-8/h2-6H,1H3,(H,14,15).